The maximum atomic E-state index is 5.62. The Kier molecular flexibility index (Phi) is 4.34. The van der Waals surface area contributed by atoms with Gasteiger partial charge in [0, 0.05) is 6.54 Å². The molecule has 1 heterocycles. The van der Waals surface area contributed by atoms with Gasteiger partial charge in [-0.2, -0.15) is 5.06 Å². The third-order valence-electron chi connectivity index (χ3n) is 3.45. The highest BCUT2D eigenvalue weighted by atomic mass is 16.8. The van der Waals surface area contributed by atoms with Crippen LogP contribution in [0.2, 0.25) is 0 Å². The molecule has 108 valence electrons. The molecule has 0 aliphatic carbocycles. The van der Waals surface area contributed by atoms with Crippen molar-refractivity contribution in [1.82, 2.24) is 5.06 Å². The van der Waals surface area contributed by atoms with Crippen LogP contribution in [0.4, 0.5) is 0 Å². The van der Waals surface area contributed by atoms with Crippen molar-refractivity contribution < 1.29 is 9.57 Å². The molecule has 3 nitrogen and oxygen atoms in total. The van der Waals surface area contributed by atoms with Gasteiger partial charge in [0.2, 0.25) is 0 Å². The molecule has 21 heavy (non-hydrogen) atoms. The summed E-state index contributed by atoms with van der Waals surface area (Å²) < 4.78 is 5.47. The summed E-state index contributed by atoms with van der Waals surface area (Å²) in [5, 5.41) is 2.01. The Morgan fingerprint density at radius 3 is 2.57 bits per heavy atom. The summed E-state index contributed by atoms with van der Waals surface area (Å²) in [5.74, 6) is 0.857. The Labute approximate surface area is 125 Å². The predicted molar refractivity (Wildman–Crippen MR) is 82.8 cm³/mol. The van der Waals surface area contributed by atoms with Crippen molar-refractivity contribution in [2.45, 2.75) is 12.6 Å². The summed E-state index contributed by atoms with van der Waals surface area (Å²) in [6.07, 6.45) is 2.82. The molecule has 0 N–H and O–H groups in total. The van der Waals surface area contributed by atoms with Crippen LogP contribution < -0.4 is 4.74 Å². The Morgan fingerprint density at radius 1 is 1.10 bits per heavy atom. The molecule has 0 spiro atoms. The number of hydroxylamine groups is 2. The normalized spacial score (nSPS) is 20.0. The number of rotatable bonds is 7. The second-order valence-corrected chi connectivity index (χ2v) is 5.00. The van der Waals surface area contributed by atoms with E-state index in [9.17, 15) is 0 Å². The Morgan fingerprint density at radius 2 is 1.86 bits per heavy atom. The van der Waals surface area contributed by atoms with Crippen LogP contribution >= 0.6 is 0 Å². The summed E-state index contributed by atoms with van der Waals surface area (Å²) in [5.41, 5.74) is 2.49. The van der Waals surface area contributed by atoms with Crippen LogP contribution in [0.25, 0.3) is 0 Å². The van der Waals surface area contributed by atoms with E-state index in [-0.39, 0.29) is 6.23 Å². The molecule has 3 rings (SSSR count). The third-order valence-corrected chi connectivity index (χ3v) is 3.45. The van der Waals surface area contributed by atoms with Crippen LogP contribution in [0, 0.1) is 0 Å². The van der Waals surface area contributed by atoms with Crippen LogP contribution in [-0.4, -0.2) is 18.2 Å². The molecule has 0 amide bonds. The van der Waals surface area contributed by atoms with E-state index in [2.05, 4.69) is 30.8 Å². The lowest BCUT2D eigenvalue weighted by Crippen LogP contribution is -2.04. The molecule has 2 aromatic rings. The topological polar surface area (TPSA) is 24.8 Å². The maximum absolute atomic E-state index is 5.62. The van der Waals surface area contributed by atoms with Crippen LogP contribution in [0.5, 0.6) is 5.75 Å². The fraction of sp³-hybridized carbons (Fsp3) is 0.222. The van der Waals surface area contributed by atoms with Gasteiger partial charge >= 0.3 is 0 Å². The van der Waals surface area contributed by atoms with Gasteiger partial charge in [-0.3, -0.25) is 4.84 Å². The summed E-state index contributed by atoms with van der Waals surface area (Å²) in [6.45, 7) is 5.07. The standard InChI is InChI=1S/C18H19NO2/c1-2-14-20-17-10-8-16(9-11-17)18-19(21-18)13-12-15-6-4-3-5-7-15/h2-11,18H,1,12-14H2. The second kappa shape index (κ2) is 6.57. The zero-order valence-electron chi connectivity index (χ0n) is 11.9. The SMILES string of the molecule is C=CCOc1ccc(C2ON2CCc2ccccc2)cc1. The fourth-order valence-electron chi connectivity index (χ4n) is 2.27. The Balaban J connectivity index is 1.49. The molecule has 0 radical (unpaired) electrons. The number of hydrogen-bond acceptors (Lipinski definition) is 3. The zero-order valence-corrected chi connectivity index (χ0v) is 11.9. The van der Waals surface area contributed by atoms with Crippen molar-refractivity contribution in [2.24, 2.45) is 0 Å². The van der Waals surface area contributed by atoms with Crippen molar-refractivity contribution in [1.29, 1.82) is 0 Å². The Bertz CT molecular complexity index is 580. The van der Waals surface area contributed by atoms with Crippen LogP contribution in [0.3, 0.4) is 0 Å². The molecule has 2 aromatic carbocycles. The van der Waals surface area contributed by atoms with Crippen molar-refractivity contribution >= 4 is 0 Å². The molecular weight excluding hydrogens is 262 g/mol. The minimum absolute atomic E-state index is 0.0853. The van der Waals surface area contributed by atoms with E-state index in [1.54, 1.807) is 6.08 Å². The molecule has 1 saturated heterocycles. The molecule has 3 heteroatoms. The van der Waals surface area contributed by atoms with Gasteiger partial charge in [0.05, 0.1) is 0 Å². The maximum Gasteiger partial charge on any atom is 0.179 e. The first kappa shape index (κ1) is 13.9. The smallest absolute Gasteiger partial charge is 0.179 e. The first-order chi connectivity index (χ1) is 10.4. The minimum atomic E-state index is 0.0853. The van der Waals surface area contributed by atoms with E-state index in [4.69, 9.17) is 9.57 Å². The lowest BCUT2D eigenvalue weighted by molar-refractivity contribution is 0.200. The number of benzene rings is 2. The third kappa shape index (κ3) is 3.72. The molecule has 1 fully saturated rings. The summed E-state index contributed by atoms with van der Waals surface area (Å²) >= 11 is 0. The molecular formula is C18H19NO2. The molecule has 1 aliphatic heterocycles. The lowest BCUT2D eigenvalue weighted by Gasteiger charge is -2.03. The Hall–Kier alpha value is -2.10. The fourth-order valence-corrected chi connectivity index (χ4v) is 2.27. The number of nitrogens with zero attached hydrogens (tertiary/aromatic N) is 1. The van der Waals surface area contributed by atoms with Crippen molar-refractivity contribution in [3.63, 3.8) is 0 Å². The van der Waals surface area contributed by atoms with Gasteiger partial charge in [-0.1, -0.05) is 55.1 Å². The molecule has 0 bridgehead atoms. The van der Waals surface area contributed by atoms with Crippen molar-refractivity contribution in [3.05, 3.63) is 78.4 Å². The highest BCUT2D eigenvalue weighted by Crippen LogP contribution is 2.37. The molecule has 0 aromatic heterocycles. The van der Waals surface area contributed by atoms with Crippen LogP contribution in [0.1, 0.15) is 17.4 Å². The van der Waals surface area contributed by atoms with E-state index >= 15 is 0 Å². The number of hydrogen-bond donors (Lipinski definition) is 0. The number of ether oxygens (including phenoxy) is 1. The van der Waals surface area contributed by atoms with Crippen molar-refractivity contribution in [3.8, 4) is 5.75 Å². The molecule has 0 saturated carbocycles. The summed E-state index contributed by atoms with van der Waals surface area (Å²) in [7, 11) is 0. The average molecular weight is 281 g/mol. The quantitative estimate of drug-likeness (QED) is 0.571. The van der Waals surface area contributed by atoms with Gasteiger partial charge in [0.25, 0.3) is 0 Å². The van der Waals surface area contributed by atoms with E-state index in [0.717, 1.165) is 24.3 Å². The monoisotopic (exact) mass is 281 g/mol. The summed E-state index contributed by atoms with van der Waals surface area (Å²) in [4.78, 5) is 5.62. The van der Waals surface area contributed by atoms with E-state index < -0.39 is 0 Å². The van der Waals surface area contributed by atoms with Gasteiger partial charge in [-0.05, 0) is 29.7 Å². The first-order valence-electron chi connectivity index (χ1n) is 7.18. The zero-order chi connectivity index (χ0) is 14.5. The highest BCUT2D eigenvalue weighted by Gasteiger charge is 2.37. The van der Waals surface area contributed by atoms with E-state index in [1.165, 1.54) is 5.56 Å². The molecule has 1 aliphatic rings. The van der Waals surface area contributed by atoms with Gasteiger partial charge in [-0.15, -0.1) is 0 Å². The minimum Gasteiger partial charge on any atom is -0.490 e. The van der Waals surface area contributed by atoms with Crippen molar-refractivity contribution in [2.75, 3.05) is 13.2 Å². The molecule has 2 atom stereocenters. The average Bonchev–Trinajstić information content (AvgIpc) is 3.32. The van der Waals surface area contributed by atoms with E-state index in [1.807, 2.05) is 35.4 Å². The van der Waals surface area contributed by atoms with E-state index in [0.29, 0.717) is 6.61 Å². The first-order valence-corrected chi connectivity index (χ1v) is 7.18. The highest BCUT2D eigenvalue weighted by molar-refractivity contribution is 5.29. The summed E-state index contributed by atoms with van der Waals surface area (Å²) in [6, 6.07) is 18.5. The largest absolute Gasteiger partial charge is 0.490 e. The van der Waals surface area contributed by atoms with Gasteiger partial charge in [0.1, 0.15) is 12.4 Å². The van der Waals surface area contributed by atoms with Crippen LogP contribution in [0.15, 0.2) is 67.3 Å². The van der Waals surface area contributed by atoms with Crippen LogP contribution in [-0.2, 0) is 11.3 Å². The second-order valence-electron chi connectivity index (χ2n) is 5.00. The lowest BCUT2D eigenvalue weighted by atomic mass is 10.1. The predicted octanol–water partition coefficient (Wildman–Crippen LogP) is 3.74. The van der Waals surface area contributed by atoms with Gasteiger partial charge in [-0.25, -0.2) is 0 Å². The van der Waals surface area contributed by atoms with Gasteiger partial charge in [0.15, 0.2) is 6.23 Å². The van der Waals surface area contributed by atoms with Gasteiger partial charge < -0.3 is 4.74 Å². The molecule has 2 unspecified atom stereocenters.